The maximum Gasteiger partial charge on any atom is 0.509 e. The van der Waals surface area contributed by atoms with Gasteiger partial charge in [-0.1, -0.05) is 37.3 Å². The molecule has 1 aliphatic rings. The molecular weight excluding hydrogens is 180 g/mol. The first-order valence-electron chi connectivity index (χ1n) is 4.73. The maximum atomic E-state index is 11.0. The van der Waals surface area contributed by atoms with Crippen LogP contribution in [0.1, 0.15) is 25.0 Å². The lowest BCUT2D eigenvalue weighted by Crippen LogP contribution is -2.13. The molecule has 1 saturated heterocycles. The Balaban J connectivity index is 2.22. The normalized spacial score (nSPS) is 25.6. The van der Waals surface area contributed by atoms with Gasteiger partial charge in [0.25, 0.3) is 0 Å². The Hall–Kier alpha value is -1.51. The second-order valence-electron chi connectivity index (χ2n) is 3.26. The summed E-state index contributed by atoms with van der Waals surface area (Å²) in [6.07, 6.45) is -0.185. The van der Waals surface area contributed by atoms with E-state index in [-0.39, 0.29) is 12.2 Å². The summed E-state index contributed by atoms with van der Waals surface area (Å²) in [5, 5.41) is 0. The third-order valence-electron chi connectivity index (χ3n) is 2.34. The molecule has 0 aliphatic carbocycles. The van der Waals surface area contributed by atoms with Gasteiger partial charge < -0.3 is 9.47 Å². The molecule has 0 amide bonds. The van der Waals surface area contributed by atoms with Crippen LogP contribution in [0, 0.1) is 0 Å². The van der Waals surface area contributed by atoms with Crippen molar-refractivity contribution in [3.63, 3.8) is 0 Å². The highest BCUT2D eigenvalue weighted by atomic mass is 16.8. The van der Waals surface area contributed by atoms with Crippen molar-refractivity contribution >= 4 is 6.16 Å². The third-order valence-corrected chi connectivity index (χ3v) is 2.34. The van der Waals surface area contributed by atoms with Gasteiger partial charge >= 0.3 is 6.16 Å². The van der Waals surface area contributed by atoms with Gasteiger partial charge in [-0.2, -0.15) is 0 Å². The fourth-order valence-electron chi connectivity index (χ4n) is 1.62. The number of carbonyl (C=O) groups is 1. The molecule has 1 aromatic carbocycles. The molecule has 0 saturated carbocycles. The van der Waals surface area contributed by atoms with E-state index in [9.17, 15) is 4.79 Å². The quantitative estimate of drug-likeness (QED) is 0.676. The Labute approximate surface area is 82.6 Å². The van der Waals surface area contributed by atoms with Crippen molar-refractivity contribution in [1.29, 1.82) is 0 Å². The van der Waals surface area contributed by atoms with Gasteiger partial charge in [0.15, 0.2) is 6.10 Å². The summed E-state index contributed by atoms with van der Waals surface area (Å²) in [5.41, 5.74) is 0.991. The van der Waals surface area contributed by atoms with Crippen molar-refractivity contribution in [2.45, 2.75) is 25.6 Å². The molecule has 1 aliphatic heterocycles. The number of carbonyl (C=O) groups excluding carboxylic acids is 1. The Bertz CT molecular complexity index is 321. The first-order valence-corrected chi connectivity index (χ1v) is 4.73. The van der Waals surface area contributed by atoms with Crippen molar-refractivity contribution in [2.24, 2.45) is 0 Å². The second-order valence-corrected chi connectivity index (χ2v) is 3.26. The standard InChI is InChI=1S/C11H12O3/c1-2-9-10(14-11(12)13-9)8-6-4-3-5-7-8/h3-7,9-10H,2H2,1H3. The highest BCUT2D eigenvalue weighted by molar-refractivity contribution is 5.63. The highest BCUT2D eigenvalue weighted by Gasteiger charge is 2.36. The van der Waals surface area contributed by atoms with E-state index >= 15 is 0 Å². The Morgan fingerprint density at radius 2 is 1.93 bits per heavy atom. The molecule has 14 heavy (non-hydrogen) atoms. The zero-order chi connectivity index (χ0) is 9.97. The van der Waals surface area contributed by atoms with Crippen molar-refractivity contribution in [2.75, 3.05) is 0 Å². The first kappa shape index (κ1) is 9.06. The smallest absolute Gasteiger partial charge is 0.427 e. The molecule has 74 valence electrons. The zero-order valence-corrected chi connectivity index (χ0v) is 7.97. The average molecular weight is 192 g/mol. The van der Waals surface area contributed by atoms with Crippen LogP contribution in [0.3, 0.4) is 0 Å². The van der Waals surface area contributed by atoms with Gasteiger partial charge in [0.05, 0.1) is 0 Å². The maximum absolute atomic E-state index is 11.0. The monoisotopic (exact) mass is 192 g/mol. The Morgan fingerprint density at radius 1 is 1.21 bits per heavy atom. The number of cyclic esters (lactones) is 2. The third kappa shape index (κ3) is 1.58. The SMILES string of the molecule is CCC1OC(=O)OC1c1ccccc1. The predicted octanol–water partition coefficient (Wildman–Crippen LogP) is 2.67. The molecule has 1 heterocycles. The van der Waals surface area contributed by atoms with Gasteiger partial charge in [-0.15, -0.1) is 0 Å². The van der Waals surface area contributed by atoms with Crippen LogP contribution in [-0.4, -0.2) is 12.3 Å². The van der Waals surface area contributed by atoms with Crippen molar-refractivity contribution in [1.82, 2.24) is 0 Å². The van der Waals surface area contributed by atoms with Crippen molar-refractivity contribution < 1.29 is 14.3 Å². The fourth-order valence-corrected chi connectivity index (χ4v) is 1.62. The summed E-state index contributed by atoms with van der Waals surface area (Å²) < 4.78 is 10.1. The van der Waals surface area contributed by atoms with Crippen LogP contribution in [0.5, 0.6) is 0 Å². The minimum absolute atomic E-state index is 0.148. The van der Waals surface area contributed by atoms with E-state index in [1.165, 1.54) is 0 Å². The first-order chi connectivity index (χ1) is 6.81. The fraction of sp³-hybridized carbons (Fsp3) is 0.364. The van der Waals surface area contributed by atoms with Crippen LogP contribution in [0.2, 0.25) is 0 Å². The van der Waals surface area contributed by atoms with Gasteiger partial charge in [0, 0.05) is 0 Å². The van der Waals surface area contributed by atoms with Gasteiger partial charge in [0.1, 0.15) is 6.10 Å². The summed E-state index contributed by atoms with van der Waals surface area (Å²) in [4.78, 5) is 11.0. The van der Waals surface area contributed by atoms with Crippen molar-refractivity contribution in [3.05, 3.63) is 35.9 Å². The van der Waals surface area contributed by atoms with E-state index < -0.39 is 6.16 Å². The number of rotatable bonds is 2. The van der Waals surface area contributed by atoms with E-state index in [1.54, 1.807) is 0 Å². The summed E-state index contributed by atoms with van der Waals surface area (Å²) in [7, 11) is 0. The molecule has 1 aromatic rings. The van der Waals surface area contributed by atoms with Gasteiger partial charge in [-0.05, 0) is 12.0 Å². The minimum atomic E-state index is -0.564. The van der Waals surface area contributed by atoms with E-state index in [1.807, 2.05) is 37.3 Å². The molecular formula is C11H12O3. The van der Waals surface area contributed by atoms with Crippen LogP contribution >= 0.6 is 0 Å². The topological polar surface area (TPSA) is 35.5 Å². The lowest BCUT2D eigenvalue weighted by molar-refractivity contribution is 0.115. The van der Waals surface area contributed by atoms with Gasteiger partial charge in [-0.3, -0.25) is 0 Å². The second kappa shape index (κ2) is 3.70. The van der Waals surface area contributed by atoms with Crippen LogP contribution in [-0.2, 0) is 9.47 Å². The average Bonchev–Trinajstić information content (AvgIpc) is 2.61. The molecule has 0 radical (unpaired) electrons. The number of benzene rings is 1. The molecule has 0 bridgehead atoms. The molecule has 0 aromatic heterocycles. The van der Waals surface area contributed by atoms with Gasteiger partial charge in [-0.25, -0.2) is 4.79 Å². The van der Waals surface area contributed by atoms with Crippen molar-refractivity contribution in [3.8, 4) is 0 Å². The summed E-state index contributed by atoms with van der Waals surface area (Å²) in [6, 6.07) is 9.66. The van der Waals surface area contributed by atoms with E-state index in [2.05, 4.69) is 0 Å². The largest absolute Gasteiger partial charge is 0.509 e. The number of hydrogen-bond acceptors (Lipinski definition) is 3. The van der Waals surface area contributed by atoms with E-state index in [0.717, 1.165) is 12.0 Å². The van der Waals surface area contributed by atoms with Crippen LogP contribution in [0.4, 0.5) is 4.79 Å². The summed E-state index contributed by atoms with van der Waals surface area (Å²) in [5.74, 6) is 0. The van der Waals surface area contributed by atoms with Gasteiger partial charge in [0.2, 0.25) is 0 Å². The summed E-state index contributed by atoms with van der Waals surface area (Å²) >= 11 is 0. The highest BCUT2D eigenvalue weighted by Crippen LogP contribution is 2.31. The number of hydrogen-bond donors (Lipinski definition) is 0. The van der Waals surface area contributed by atoms with E-state index in [4.69, 9.17) is 9.47 Å². The predicted molar refractivity (Wildman–Crippen MR) is 50.8 cm³/mol. The zero-order valence-electron chi connectivity index (χ0n) is 7.97. The molecule has 0 spiro atoms. The molecule has 2 unspecified atom stereocenters. The molecule has 2 rings (SSSR count). The molecule has 0 N–H and O–H groups in total. The molecule has 1 fully saturated rings. The van der Waals surface area contributed by atoms with Crippen LogP contribution in [0.15, 0.2) is 30.3 Å². The van der Waals surface area contributed by atoms with E-state index in [0.29, 0.717) is 0 Å². The Kier molecular flexibility index (Phi) is 2.39. The Morgan fingerprint density at radius 3 is 2.57 bits per heavy atom. The summed E-state index contributed by atoms with van der Waals surface area (Å²) in [6.45, 7) is 1.97. The lowest BCUT2D eigenvalue weighted by Gasteiger charge is -2.13. The lowest BCUT2D eigenvalue weighted by atomic mass is 10.0. The molecule has 3 heteroatoms. The van der Waals surface area contributed by atoms with Crippen LogP contribution in [0.25, 0.3) is 0 Å². The van der Waals surface area contributed by atoms with Crippen LogP contribution < -0.4 is 0 Å². The molecule has 3 nitrogen and oxygen atoms in total. The number of ether oxygens (including phenoxy) is 2. The molecule has 2 atom stereocenters. The minimum Gasteiger partial charge on any atom is -0.427 e.